The van der Waals surface area contributed by atoms with Crippen LogP contribution < -0.4 is 0 Å². The van der Waals surface area contributed by atoms with E-state index in [0.717, 1.165) is 11.3 Å². The third-order valence-electron chi connectivity index (χ3n) is 2.30. The molecule has 0 saturated heterocycles. The molecule has 2 heteroatoms. The highest BCUT2D eigenvalue weighted by Crippen LogP contribution is 2.33. The Morgan fingerprint density at radius 1 is 1.38 bits per heavy atom. The molecule has 0 aliphatic carbocycles. The molecular weight excluding hydrogens is 196 g/mol. The van der Waals surface area contributed by atoms with E-state index in [9.17, 15) is 0 Å². The fraction of sp³-hybridized carbons (Fsp3) is 0.273. The molecule has 0 nitrogen and oxygen atoms in total. The van der Waals surface area contributed by atoms with Crippen molar-refractivity contribution in [2.45, 2.75) is 25.2 Å². The van der Waals surface area contributed by atoms with Gasteiger partial charge in [0.05, 0.1) is 0 Å². The van der Waals surface area contributed by atoms with Crippen LogP contribution in [0.5, 0.6) is 0 Å². The summed E-state index contributed by atoms with van der Waals surface area (Å²) in [5.74, 6) is 0. The molecule has 0 spiro atoms. The highest BCUT2D eigenvalue weighted by Gasteiger charge is 2.05. The summed E-state index contributed by atoms with van der Waals surface area (Å²) in [7, 11) is 0. The van der Waals surface area contributed by atoms with E-state index in [-0.39, 0.29) is 0 Å². The first kappa shape index (κ1) is 9.10. The van der Waals surface area contributed by atoms with Gasteiger partial charge in [-0.05, 0) is 31.0 Å². The van der Waals surface area contributed by atoms with Crippen LogP contribution in [-0.2, 0) is 6.42 Å². The maximum atomic E-state index is 4.51. The molecule has 0 saturated carbocycles. The lowest BCUT2D eigenvalue weighted by Crippen LogP contribution is -1.77. The van der Waals surface area contributed by atoms with Crippen LogP contribution >= 0.6 is 24.0 Å². The molecule has 0 bridgehead atoms. The molecule has 0 N–H and O–H groups in total. The van der Waals surface area contributed by atoms with Crippen molar-refractivity contribution in [2.75, 3.05) is 0 Å². The average Bonchev–Trinajstić information content (AvgIpc) is 2.43. The Morgan fingerprint density at radius 3 is 2.85 bits per heavy atom. The molecule has 1 aromatic heterocycles. The molecule has 1 aromatic carbocycles. The second-order valence-electron chi connectivity index (χ2n) is 3.19. The first-order chi connectivity index (χ1) is 6.22. The highest BCUT2D eigenvalue weighted by molar-refractivity contribution is 7.80. The van der Waals surface area contributed by atoms with E-state index in [0.29, 0.717) is 0 Å². The highest BCUT2D eigenvalue weighted by atomic mass is 32.1. The van der Waals surface area contributed by atoms with Crippen molar-refractivity contribution in [3.05, 3.63) is 28.6 Å². The molecule has 0 aliphatic rings. The number of hydrogen-bond acceptors (Lipinski definition) is 2. The van der Waals surface area contributed by atoms with Crippen LogP contribution in [0.3, 0.4) is 0 Å². The van der Waals surface area contributed by atoms with Gasteiger partial charge in [-0.3, -0.25) is 0 Å². The van der Waals surface area contributed by atoms with Crippen LogP contribution in [0.4, 0.5) is 0 Å². The molecule has 2 aromatic rings. The van der Waals surface area contributed by atoms with Gasteiger partial charge in [-0.2, -0.15) is 0 Å². The molecule has 0 unspecified atom stereocenters. The number of thiol groups is 1. The topological polar surface area (TPSA) is 0 Å². The Balaban J connectivity index is 2.75. The number of thiophene rings is 1. The third-order valence-corrected chi connectivity index (χ3v) is 4.12. The second-order valence-corrected chi connectivity index (χ2v) is 4.89. The number of hydrogen-bond donors (Lipinski definition) is 1. The van der Waals surface area contributed by atoms with Crippen molar-refractivity contribution in [2.24, 2.45) is 0 Å². The second kappa shape index (κ2) is 3.35. The largest absolute Gasteiger partial charge is 0.142 e. The Hall–Kier alpha value is -0.470. The predicted molar refractivity (Wildman–Crippen MR) is 63.2 cm³/mol. The van der Waals surface area contributed by atoms with E-state index in [1.807, 2.05) is 11.3 Å². The summed E-state index contributed by atoms with van der Waals surface area (Å²) in [4.78, 5) is 2.46. The van der Waals surface area contributed by atoms with Crippen LogP contribution in [0.25, 0.3) is 10.1 Å². The van der Waals surface area contributed by atoms with Gasteiger partial charge in [-0.15, -0.1) is 24.0 Å². The van der Waals surface area contributed by atoms with Gasteiger partial charge in [0.25, 0.3) is 0 Å². The maximum absolute atomic E-state index is 4.51. The van der Waals surface area contributed by atoms with Crippen LogP contribution in [0.2, 0.25) is 0 Å². The molecule has 1 heterocycles. The average molecular weight is 208 g/mol. The van der Waals surface area contributed by atoms with Crippen LogP contribution in [0.1, 0.15) is 17.4 Å². The summed E-state index contributed by atoms with van der Waals surface area (Å²) < 4.78 is 1.35. The van der Waals surface area contributed by atoms with Crippen molar-refractivity contribution in [1.82, 2.24) is 0 Å². The number of aryl methyl sites for hydroxylation is 2. The zero-order chi connectivity index (χ0) is 9.42. The van der Waals surface area contributed by atoms with E-state index in [2.05, 4.69) is 44.7 Å². The summed E-state index contributed by atoms with van der Waals surface area (Å²) in [5.41, 5.74) is 1.39. The van der Waals surface area contributed by atoms with E-state index in [1.54, 1.807) is 0 Å². The zero-order valence-corrected chi connectivity index (χ0v) is 9.51. The van der Waals surface area contributed by atoms with Gasteiger partial charge in [0.1, 0.15) is 0 Å². The monoisotopic (exact) mass is 208 g/mol. The van der Waals surface area contributed by atoms with Gasteiger partial charge in [-0.1, -0.05) is 13.0 Å². The van der Waals surface area contributed by atoms with Crippen molar-refractivity contribution in [1.29, 1.82) is 0 Å². The lowest BCUT2D eigenvalue weighted by molar-refractivity contribution is 1.15. The van der Waals surface area contributed by atoms with Gasteiger partial charge >= 0.3 is 0 Å². The van der Waals surface area contributed by atoms with Crippen LogP contribution in [0.15, 0.2) is 23.1 Å². The minimum absolute atomic E-state index is 1.10. The quantitative estimate of drug-likeness (QED) is 0.671. The molecule has 0 atom stereocenters. The number of rotatable bonds is 1. The van der Waals surface area contributed by atoms with Crippen molar-refractivity contribution < 1.29 is 0 Å². The normalized spacial score (nSPS) is 11.0. The fourth-order valence-corrected chi connectivity index (χ4v) is 2.82. The summed E-state index contributed by atoms with van der Waals surface area (Å²) in [6, 6.07) is 6.65. The first-order valence-corrected chi connectivity index (χ1v) is 5.69. The molecule has 0 fully saturated rings. The standard InChI is InChI=1S/C11H12S2/c1-3-8-4-5-10-9(6-8)11(12)7(2)13-10/h4-6,12H,3H2,1-2H3. The number of benzene rings is 1. The molecular formula is C11H12S2. The molecule has 0 radical (unpaired) electrons. The smallest absolute Gasteiger partial charge is 0.0357 e. The molecule has 2 rings (SSSR count). The van der Waals surface area contributed by atoms with E-state index < -0.39 is 0 Å². The minimum Gasteiger partial charge on any atom is -0.142 e. The summed E-state index contributed by atoms with van der Waals surface area (Å²) in [5, 5.41) is 1.31. The molecule has 68 valence electrons. The summed E-state index contributed by atoms with van der Waals surface area (Å²) in [6.07, 6.45) is 1.10. The lowest BCUT2D eigenvalue weighted by atomic mass is 10.1. The van der Waals surface area contributed by atoms with Gasteiger partial charge in [0, 0.05) is 19.9 Å². The van der Waals surface area contributed by atoms with Crippen molar-refractivity contribution in [3.63, 3.8) is 0 Å². The Morgan fingerprint density at radius 2 is 2.15 bits per heavy atom. The van der Waals surface area contributed by atoms with Crippen molar-refractivity contribution >= 4 is 34.1 Å². The van der Waals surface area contributed by atoms with E-state index in [4.69, 9.17) is 0 Å². The Kier molecular flexibility index (Phi) is 2.35. The summed E-state index contributed by atoms with van der Waals surface area (Å²) >= 11 is 6.33. The van der Waals surface area contributed by atoms with E-state index in [1.165, 1.54) is 20.5 Å². The van der Waals surface area contributed by atoms with Gasteiger partial charge < -0.3 is 0 Å². The molecule has 0 aliphatic heterocycles. The van der Waals surface area contributed by atoms with Crippen molar-refractivity contribution in [3.8, 4) is 0 Å². The third kappa shape index (κ3) is 1.49. The Labute approximate surface area is 88.0 Å². The fourth-order valence-electron chi connectivity index (χ4n) is 1.47. The predicted octanol–water partition coefficient (Wildman–Crippen LogP) is 4.06. The van der Waals surface area contributed by atoms with Gasteiger partial charge in [0.2, 0.25) is 0 Å². The van der Waals surface area contributed by atoms with E-state index >= 15 is 0 Å². The molecule has 13 heavy (non-hydrogen) atoms. The Bertz CT molecular complexity index is 441. The molecule has 0 amide bonds. The summed E-state index contributed by atoms with van der Waals surface area (Å²) in [6.45, 7) is 4.30. The van der Waals surface area contributed by atoms with Gasteiger partial charge in [0.15, 0.2) is 0 Å². The zero-order valence-electron chi connectivity index (χ0n) is 7.79. The maximum Gasteiger partial charge on any atom is 0.0357 e. The lowest BCUT2D eigenvalue weighted by Gasteiger charge is -1.96. The number of fused-ring (bicyclic) bond motifs is 1. The first-order valence-electron chi connectivity index (χ1n) is 4.43. The SMILES string of the molecule is CCc1ccc2sc(C)c(S)c2c1. The van der Waals surface area contributed by atoms with Gasteiger partial charge in [-0.25, -0.2) is 0 Å². The van der Waals surface area contributed by atoms with Crippen LogP contribution in [0, 0.1) is 6.92 Å². The van der Waals surface area contributed by atoms with Crippen LogP contribution in [-0.4, -0.2) is 0 Å². The minimum atomic E-state index is 1.10.